The predicted octanol–water partition coefficient (Wildman–Crippen LogP) is 6.84. The number of ketones is 1. The Labute approximate surface area is 195 Å². The van der Waals surface area contributed by atoms with Gasteiger partial charge in [0.25, 0.3) is 0 Å². The number of anilines is 3. The summed E-state index contributed by atoms with van der Waals surface area (Å²) in [6, 6.07) is 16.2. The van der Waals surface area contributed by atoms with Gasteiger partial charge in [-0.05, 0) is 68.8 Å². The highest BCUT2D eigenvalue weighted by Crippen LogP contribution is 2.31. The summed E-state index contributed by atoms with van der Waals surface area (Å²) in [6.07, 6.45) is 0. The molecular weight excluding hydrogens is 478 g/mol. The molecule has 3 aromatic rings. The minimum absolute atomic E-state index is 0.111. The number of hydrogen-bond acceptors (Lipinski definition) is 3. The Morgan fingerprint density at radius 1 is 0.935 bits per heavy atom. The molecule has 3 rings (SSSR count). The van der Waals surface area contributed by atoms with Crippen LogP contribution in [0.3, 0.4) is 0 Å². The van der Waals surface area contributed by atoms with Gasteiger partial charge >= 0.3 is 6.03 Å². The van der Waals surface area contributed by atoms with Crippen molar-refractivity contribution in [2.24, 2.45) is 0 Å². The van der Waals surface area contributed by atoms with E-state index in [-0.39, 0.29) is 11.8 Å². The Balaban J connectivity index is 1.86. The normalized spacial score (nSPS) is 10.5. The van der Waals surface area contributed by atoms with Gasteiger partial charge in [0.15, 0.2) is 5.78 Å². The van der Waals surface area contributed by atoms with E-state index in [9.17, 15) is 9.59 Å². The van der Waals surface area contributed by atoms with Gasteiger partial charge in [-0.15, -0.1) is 0 Å². The monoisotopic (exact) mass is 499 g/mol. The molecule has 0 spiro atoms. The molecule has 0 aliphatic heterocycles. The van der Waals surface area contributed by atoms with Gasteiger partial charge in [-0.3, -0.25) is 4.79 Å². The summed E-state index contributed by atoms with van der Waals surface area (Å²) in [7, 11) is 0. The van der Waals surface area contributed by atoms with Crippen LogP contribution < -0.4 is 16.0 Å². The van der Waals surface area contributed by atoms with Crippen LogP contribution in [0.1, 0.15) is 34.0 Å². The van der Waals surface area contributed by atoms with E-state index in [1.165, 1.54) is 0 Å². The number of nitrogens with one attached hydrogen (secondary N) is 3. The lowest BCUT2D eigenvalue weighted by Crippen LogP contribution is -2.28. The van der Waals surface area contributed by atoms with Gasteiger partial charge in [0.2, 0.25) is 0 Å². The van der Waals surface area contributed by atoms with E-state index in [0.29, 0.717) is 39.8 Å². The Kier molecular flexibility index (Phi) is 7.36. The molecule has 5 nitrogen and oxygen atoms in total. The Morgan fingerprint density at radius 3 is 2.42 bits per heavy atom. The molecule has 0 aromatic heterocycles. The number of hydrogen-bond donors (Lipinski definition) is 3. The largest absolute Gasteiger partial charge is 0.354 e. The lowest BCUT2D eigenvalue weighted by Gasteiger charge is -2.15. The van der Waals surface area contributed by atoms with Crippen molar-refractivity contribution in [2.75, 3.05) is 17.2 Å². The Hall–Kier alpha value is -2.83. The van der Waals surface area contributed by atoms with Crippen LogP contribution in [0.4, 0.5) is 21.9 Å². The zero-order valence-electron chi connectivity index (χ0n) is 17.5. The van der Waals surface area contributed by atoms with Gasteiger partial charge in [0, 0.05) is 27.8 Å². The maximum absolute atomic E-state index is 13.0. The van der Waals surface area contributed by atoms with E-state index in [1.807, 2.05) is 51.1 Å². The van der Waals surface area contributed by atoms with Crippen molar-refractivity contribution in [1.29, 1.82) is 0 Å². The Morgan fingerprint density at radius 2 is 1.71 bits per heavy atom. The molecule has 31 heavy (non-hydrogen) atoms. The molecule has 0 heterocycles. The van der Waals surface area contributed by atoms with Crippen molar-refractivity contribution in [1.82, 2.24) is 5.32 Å². The number of aryl methyl sites for hydroxylation is 2. The first kappa shape index (κ1) is 22.8. The van der Waals surface area contributed by atoms with Gasteiger partial charge in [-0.25, -0.2) is 4.79 Å². The second-order valence-corrected chi connectivity index (χ2v) is 8.46. The summed E-state index contributed by atoms with van der Waals surface area (Å²) >= 11 is 9.90. The number of rotatable bonds is 6. The van der Waals surface area contributed by atoms with Crippen LogP contribution in [0.2, 0.25) is 5.02 Å². The molecule has 0 aliphatic rings. The fraction of sp³-hybridized carbons (Fsp3) is 0.167. The van der Waals surface area contributed by atoms with Crippen molar-refractivity contribution in [3.8, 4) is 0 Å². The molecule has 7 heteroatoms. The minimum Gasteiger partial charge on any atom is -0.354 e. The maximum Gasteiger partial charge on any atom is 0.319 e. The molecule has 3 N–H and O–H groups in total. The SMILES string of the molecule is CCNC(=O)Nc1cc(Br)ccc1Nc1ccc(C(=O)c2cc(C)ccc2C)c(Cl)c1. The summed E-state index contributed by atoms with van der Waals surface area (Å²) in [5.41, 5.74) is 5.01. The standard InChI is InChI=1S/C24H23BrClN3O2/c1-4-27-24(31)29-22-12-16(25)7-10-21(22)28-17-8-9-18(20(26)13-17)23(30)19-11-14(2)5-6-15(19)3/h5-13,28H,4H2,1-3H3,(H2,27,29,31). The van der Waals surface area contributed by atoms with Gasteiger partial charge in [0.1, 0.15) is 0 Å². The number of carbonyl (C=O) groups excluding carboxylic acids is 2. The van der Waals surface area contributed by atoms with Gasteiger partial charge < -0.3 is 16.0 Å². The fourth-order valence-electron chi connectivity index (χ4n) is 3.11. The van der Waals surface area contributed by atoms with Crippen LogP contribution in [0.15, 0.2) is 59.1 Å². The van der Waals surface area contributed by atoms with E-state index in [1.54, 1.807) is 24.3 Å². The summed E-state index contributed by atoms with van der Waals surface area (Å²) < 4.78 is 0.831. The van der Waals surface area contributed by atoms with E-state index < -0.39 is 0 Å². The summed E-state index contributed by atoms with van der Waals surface area (Å²) in [4.78, 5) is 25.0. The first-order chi connectivity index (χ1) is 14.8. The highest BCUT2D eigenvalue weighted by Gasteiger charge is 2.16. The highest BCUT2D eigenvalue weighted by atomic mass is 79.9. The quantitative estimate of drug-likeness (QED) is 0.325. The van der Waals surface area contributed by atoms with E-state index in [0.717, 1.165) is 15.6 Å². The molecule has 3 aromatic carbocycles. The molecule has 0 fully saturated rings. The van der Waals surface area contributed by atoms with Crippen molar-refractivity contribution in [3.63, 3.8) is 0 Å². The lowest BCUT2D eigenvalue weighted by molar-refractivity contribution is 0.103. The van der Waals surface area contributed by atoms with Crippen LogP contribution in [0.25, 0.3) is 0 Å². The fourth-order valence-corrected chi connectivity index (χ4v) is 3.74. The van der Waals surface area contributed by atoms with Crippen LogP contribution in [0.5, 0.6) is 0 Å². The van der Waals surface area contributed by atoms with Gasteiger partial charge in [-0.2, -0.15) is 0 Å². The van der Waals surface area contributed by atoms with Gasteiger partial charge in [-0.1, -0.05) is 45.2 Å². The van der Waals surface area contributed by atoms with Crippen LogP contribution in [-0.2, 0) is 0 Å². The maximum atomic E-state index is 13.0. The molecule has 2 amide bonds. The first-order valence-corrected chi connectivity index (χ1v) is 11.0. The topological polar surface area (TPSA) is 70.2 Å². The average molecular weight is 501 g/mol. The number of urea groups is 1. The zero-order chi connectivity index (χ0) is 22.5. The lowest BCUT2D eigenvalue weighted by atomic mass is 9.97. The summed E-state index contributed by atoms with van der Waals surface area (Å²) in [6.45, 7) is 6.24. The third-order valence-electron chi connectivity index (χ3n) is 4.70. The van der Waals surface area contributed by atoms with Crippen molar-refractivity contribution >= 4 is 56.4 Å². The first-order valence-electron chi connectivity index (χ1n) is 9.81. The molecule has 0 radical (unpaired) electrons. The van der Waals surface area contributed by atoms with E-state index in [4.69, 9.17) is 11.6 Å². The number of halogens is 2. The van der Waals surface area contributed by atoms with Gasteiger partial charge in [0.05, 0.1) is 16.4 Å². The Bertz CT molecular complexity index is 1150. The van der Waals surface area contributed by atoms with E-state index >= 15 is 0 Å². The van der Waals surface area contributed by atoms with E-state index in [2.05, 4.69) is 31.9 Å². The molecule has 0 saturated carbocycles. The van der Waals surface area contributed by atoms with Crippen LogP contribution in [0, 0.1) is 13.8 Å². The molecule has 0 atom stereocenters. The van der Waals surface area contributed by atoms with Crippen molar-refractivity contribution in [2.45, 2.75) is 20.8 Å². The number of benzene rings is 3. The molecule has 0 bridgehead atoms. The second kappa shape index (κ2) is 9.98. The molecule has 0 aliphatic carbocycles. The van der Waals surface area contributed by atoms with Crippen LogP contribution >= 0.6 is 27.5 Å². The molecule has 160 valence electrons. The average Bonchev–Trinajstić information content (AvgIpc) is 2.71. The third kappa shape index (κ3) is 5.66. The highest BCUT2D eigenvalue weighted by molar-refractivity contribution is 9.10. The zero-order valence-corrected chi connectivity index (χ0v) is 19.8. The summed E-state index contributed by atoms with van der Waals surface area (Å²) in [5, 5.41) is 9.13. The molecule has 0 saturated heterocycles. The smallest absolute Gasteiger partial charge is 0.319 e. The van der Waals surface area contributed by atoms with Crippen molar-refractivity contribution in [3.05, 3.63) is 86.3 Å². The minimum atomic E-state index is -0.295. The molecular formula is C24H23BrClN3O2. The van der Waals surface area contributed by atoms with Crippen LogP contribution in [-0.4, -0.2) is 18.4 Å². The predicted molar refractivity (Wildman–Crippen MR) is 131 cm³/mol. The second-order valence-electron chi connectivity index (χ2n) is 7.14. The van der Waals surface area contributed by atoms with Crippen molar-refractivity contribution < 1.29 is 9.59 Å². The number of carbonyl (C=O) groups is 2. The summed E-state index contributed by atoms with van der Waals surface area (Å²) in [5.74, 6) is -0.111. The molecule has 0 unspecified atom stereocenters. The third-order valence-corrected chi connectivity index (χ3v) is 5.50. The number of amides is 2.